The Labute approximate surface area is 148 Å². The zero-order chi connectivity index (χ0) is 18.7. The first-order valence-electron chi connectivity index (χ1n) is 8.03. The molecule has 1 N–H and O–H groups in total. The third kappa shape index (κ3) is 3.30. The molecule has 1 aromatic heterocycles. The number of hydrogen-bond donors (Lipinski definition) is 1. The van der Waals surface area contributed by atoms with E-state index in [-0.39, 0.29) is 22.6 Å². The number of aromatic hydroxyl groups is 1. The van der Waals surface area contributed by atoms with Crippen molar-refractivity contribution in [3.05, 3.63) is 74.3 Å². The van der Waals surface area contributed by atoms with Crippen LogP contribution in [0.5, 0.6) is 5.75 Å². The first-order chi connectivity index (χ1) is 12.5. The van der Waals surface area contributed by atoms with E-state index in [1.165, 1.54) is 29.1 Å². The lowest BCUT2D eigenvalue weighted by atomic mass is 10.2. The fraction of sp³-hybridized carbons (Fsp3) is 0.167. The number of nitro benzene ring substituents is 1. The van der Waals surface area contributed by atoms with Crippen LogP contribution < -0.4 is 5.56 Å². The van der Waals surface area contributed by atoms with Gasteiger partial charge in [0.25, 0.3) is 11.2 Å². The van der Waals surface area contributed by atoms with E-state index in [0.29, 0.717) is 23.1 Å². The minimum absolute atomic E-state index is 0.140. The number of nitrogens with zero attached hydrogens (tertiary/aromatic N) is 4. The first-order valence-corrected chi connectivity index (χ1v) is 8.03. The molecule has 0 fully saturated rings. The molecule has 8 heteroatoms. The van der Waals surface area contributed by atoms with Crippen LogP contribution in [0.4, 0.5) is 5.69 Å². The second-order valence-corrected chi connectivity index (χ2v) is 5.66. The van der Waals surface area contributed by atoms with Gasteiger partial charge in [-0.2, -0.15) is 9.78 Å². The number of para-hydroxylation sites is 1. The van der Waals surface area contributed by atoms with Crippen molar-refractivity contribution in [2.75, 3.05) is 0 Å². The fourth-order valence-corrected chi connectivity index (χ4v) is 2.55. The van der Waals surface area contributed by atoms with Gasteiger partial charge in [-0.1, -0.05) is 19.1 Å². The molecule has 26 heavy (non-hydrogen) atoms. The molecule has 0 bridgehead atoms. The standard InChI is InChI=1S/C18H16N4O4/c1-2-5-17-20-15-7-4-3-6-14(15)18(24)21(17)19-11-12-10-13(22(25)26)8-9-16(12)23/h3-4,6-11,23H,2,5H2,1H3. The van der Waals surface area contributed by atoms with Crippen molar-refractivity contribution in [1.82, 2.24) is 9.66 Å². The van der Waals surface area contributed by atoms with Gasteiger partial charge < -0.3 is 5.11 Å². The summed E-state index contributed by atoms with van der Waals surface area (Å²) < 4.78 is 1.17. The molecule has 2 aromatic carbocycles. The van der Waals surface area contributed by atoms with E-state index in [1.54, 1.807) is 24.3 Å². The van der Waals surface area contributed by atoms with Crippen molar-refractivity contribution in [2.45, 2.75) is 19.8 Å². The second kappa shape index (κ2) is 7.14. The topological polar surface area (TPSA) is 111 Å². The molecule has 8 nitrogen and oxygen atoms in total. The molecule has 0 saturated carbocycles. The summed E-state index contributed by atoms with van der Waals surface area (Å²) in [5, 5.41) is 25.3. The quantitative estimate of drug-likeness (QED) is 0.431. The Morgan fingerprint density at radius 2 is 2.08 bits per heavy atom. The Bertz CT molecular complexity index is 1070. The van der Waals surface area contributed by atoms with E-state index in [4.69, 9.17) is 0 Å². The minimum atomic E-state index is -0.566. The largest absolute Gasteiger partial charge is 0.507 e. The summed E-state index contributed by atoms with van der Waals surface area (Å²) in [6, 6.07) is 10.6. The van der Waals surface area contributed by atoms with Gasteiger partial charge in [-0.05, 0) is 24.6 Å². The van der Waals surface area contributed by atoms with Crippen LogP contribution in [-0.4, -0.2) is 25.9 Å². The number of nitro groups is 1. The number of phenolic OH excluding ortho intramolecular Hbond substituents is 1. The van der Waals surface area contributed by atoms with Crippen molar-refractivity contribution >= 4 is 22.8 Å². The van der Waals surface area contributed by atoms with Crippen molar-refractivity contribution in [3.8, 4) is 5.75 Å². The molecule has 0 aliphatic rings. The summed E-state index contributed by atoms with van der Waals surface area (Å²) >= 11 is 0. The Morgan fingerprint density at radius 1 is 1.31 bits per heavy atom. The predicted octanol–water partition coefficient (Wildman–Crippen LogP) is 2.85. The molecule has 0 saturated heterocycles. The zero-order valence-electron chi connectivity index (χ0n) is 14.0. The zero-order valence-corrected chi connectivity index (χ0v) is 14.0. The molecule has 0 radical (unpaired) electrons. The molecular weight excluding hydrogens is 336 g/mol. The van der Waals surface area contributed by atoms with Gasteiger partial charge in [0.05, 0.1) is 22.0 Å². The Morgan fingerprint density at radius 3 is 2.81 bits per heavy atom. The smallest absolute Gasteiger partial charge is 0.282 e. The summed E-state index contributed by atoms with van der Waals surface area (Å²) in [6.07, 6.45) is 2.53. The maximum Gasteiger partial charge on any atom is 0.282 e. The van der Waals surface area contributed by atoms with E-state index in [0.717, 1.165) is 6.42 Å². The van der Waals surface area contributed by atoms with E-state index in [9.17, 15) is 20.0 Å². The van der Waals surface area contributed by atoms with Crippen molar-refractivity contribution in [1.29, 1.82) is 0 Å². The maximum absolute atomic E-state index is 12.7. The van der Waals surface area contributed by atoms with E-state index in [1.807, 2.05) is 6.92 Å². The van der Waals surface area contributed by atoms with Crippen LogP contribution in [0.25, 0.3) is 10.9 Å². The molecule has 0 aliphatic heterocycles. The molecular formula is C18H16N4O4. The van der Waals surface area contributed by atoms with Crippen LogP contribution in [0.2, 0.25) is 0 Å². The lowest BCUT2D eigenvalue weighted by Crippen LogP contribution is -2.22. The van der Waals surface area contributed by atoms with Gasteiger partial charge >= 0.3 is 0 Å². The number of non-ortho nitro benzene ring substituents is 1. The number of rotatable bonds is 5. The highest BCUT2D eigenvalue weighted by Gasteiger charge is 2.11. The van der Waals surface area contributed by atoms with Gasteiger partial charge in [0.15, 0.2) is 0 Å². The number of aryl methyl sites for hydroxylation is 1. The summed E-state index contributed by atoms with van der Waals surface area (Å²) in [4.78, 5) is 27.6. The molecule has 132 valence electrons. The molecule has 0 unspecified atom stereocenters. The van der Waals surface area contributed by atoms with Gasteiger partial charge in [-0.15, -0.1) is 0 Å². The summed E-state index contributed by atoms with van der Waals surface area (Å²) in [5.74, 6) is 0.315. The van der Waals surface area contributed by atoms with Crippen LogP contribution in [0.1, 0.15) is 24.7 Å². The number of fused-ring (bicyclic) bond motifs is 1. The van der Waals surface area contributed by atoms with Crippen LogP contribution in [0.3, 0.4) is 0 Å². The highest BCUT2D eigenvalue weighted by Crippen LogP contribution is 2.21. The van der Waals surface area contributed by atoms with E-state index in [2.05, 4.69) is 10.1 Å². The molecule has 0 amide bonds. The van der Waals surface area contributed by atoms with Crippen LogP contribution in [0, 0.1) is 10.1 Å². The van der Waals surface area contributed by atoms with Crippen LogP contribution in [-0.2, 0) is 6.42 Å². The third-order valence-corrected chi connectivity index (χ3v) is 3.83. The van der Waals surface area contributed by atoms with Crippen molar-refractivity contribution in [3.63, 3.8) is 0 Å². The minimum Gasteiger partial charge on any atom is -0.507 e. The van der Waals surface area contributed by atoms with Crippen molar-refractivity contribution < 1.29 is 10.0 Å². The SMILES string of the molecule is CCCc1nc2ccccc2c(=O)n1N=Cc1cc([N+](=O)[O-])ccc1O. The predicted molar refractivity (Wildman–Crippen MR) is 97.8 cm³/mol. The van der Waals surface area contributed by atoms with Crippen molar-refractivity contribution in [2.24, 2.45) is 5.10 Å². The fourth-order valence-electron chi connectivity index (χ4n) is 2.55. The average molecular weight is 352 g/mol. The van der Waals surface area contributed by atoms with Crippen LogP contribution in [0.15, 0.2) is 52.4 Å². The van der Waals surface area contributed by atoms with Gasteiger partial charge in [0, 0.05) is 24.1 Å². The lowest BCUT2D eigenvalue weighted by Gasteiger charge is -2.08. The molecule has 1 heterocycles. The summed E-state index contributed by atoms with van der Waals surface area (Å²) in [7, 11) is 0. The Kier molecular flexibility index (Phi) is 4.74. The second-order valence-electron chi connectivity index (χ2n) is 5.66. The molecule has 0 aliphatic carbocycles. The first kappa shape index (κ1) is 17.3. The Balaban J connectivity index is 2.13. The lowest BCUT2D eigenvalue weighted by molar-refractivity contribution is -0.384. The highest BCUT2D eigenvalue weighted by atomic mass is 16.6. The monoisotopic (exact) mass is 352 g/mol. The average Bonchev–Trinajstić information content (AvgIpc) is 2.63. The van der Waals surface area contributed by atoms with Gasteiger partial charge in [-0.3, -0.25) is 14.9 Å². The normalized spacial score (nSPS) is 11.3. The maximum atomic E-state index is 12.7. The number of hydrogen-bond acceptors (Lipinski definition) is 6. The van der Waals surface area contributed by atoms with Gasteiger partial charge in [0.1, 0.15) is 11.6 Å². The number of aromatic nitrogens is 2. The molecule has 0 atom stereocenters. The van der Waals surface area contributed by atoms with Crippen LogP contribution >= 0.6 is 0 Å². The van der Waals surface area contributed by atoms with Gasteiger partial charge in [0.2, 0.25) is 0 Å². The highest BCUT2D eigenvalue weighted by molar-refractivity contribution is 5.84. The Hall–Kier alpha value is -3.55. The molecule has 3 aromatic rings. The number of phenols is 1. The summed E-state index contributed by atoms with van der Waals surface area (Å²) in [5.41, 5.74) is 0.217. The molecule has 3 rings (SSSR count). The van der Waals surface area contributed by atoms with E-state index >= 15 is 0 Å². The molecule has 0 spiro atoms. The van der Waals surface area contributed by atoms with Gasteiger partial charge in [-0.25, -0.2) is 4.98 Å². The number of benzene rings is 2. The summed E-state index contributed by atoms with van der Waals surface area (Å²) in [6.45, 7) is 1.96. The van der Waals surface area contributed by atoms with E-state index < -0.39 is 4.92 Å². The third-order valence-electron chi connectivity index (χ3n) is 3.83.